The van der Waals surface area contributed by atoms with Crippen molar-refractivity contribution in [2.75, 3.05) is 24.9 Å². The van der Waals surface area contributed by atoms with Crippen LogP contribution in [0.25, 0.3) is 0 Å². The molecule has 3 aromatic carbocycles. The van der Waals surface area contributed by atoms with Crippen molar-refractivity contribution in [1.29, 1.82) is 0 Å². The maximum absolute atomic E-state index is 14.1. The van der Waals surface area contributed by atoms with Crippen LogP contribution in [-0.2, 0) is 11.4 Å². The Hall–Kier alpha value is -4.57. The molecule has 1 atom stereocenters. The average molecular weight is 550 g/mol. The van der Waals surface area contributed by atoms with Crippen LogP contribution in [0.1, 0.15) is 24.1 Å². The molecular weight excluding hydrogens is 525 g/mol. The number of allylic oxidation sites excluding steroid dienone is 1. The van der Waals surface area contributed by atoms with Gasteiger partial charge in [-0.15, -0.1) is 0 Å². The van der Waals surface area contributed by atoms with Gasteiger partial charge in [-0.2, -0.15) is 10.1 Å². The van der Waals surface area contributed by atoms with E-state index in [0.29, 0.717) is 45.2 Å². The lowest BCUT2D eigenvalue weighted by molar-refractivity contribution is -0.113. The third-order valence-electron chi connectivity index (χ3n) is 6.33. The van der Waals surface area contributed by atoms with Crippen molar-refractivity contribution in [3.8, 4) is 17.2 Å². The molecule has 0 saturated heterocycles. The molecule has 2 N–H and O–H groups in total. The number of rotatable bonds is 8. The van der Waals surface area contributed by atoms with Gasteiger partial charge in [0.2, 0.25) is 5.95 Å². The van der Waals surface area contributed by atoms with Crippen molar-refractivity contribution in [2.24, 2.45) is 0 Å². The first-order chi connectivity index (χ1) is 18.9. The van der Waals surface area contributed by atoms with Crippen LogP contribution in [0.5, 0.6) is 17.2 Å². The van der Waals surface area contributed by atoms with Crippen LogP contribution >= 0.6 is 11.6 Å². The first kappa shape index (κ1) is 26.1. The number of nitrogens with one attached hydrogen (secondary N) is 2. The maximum Gasteiger partial charge on any atom is 0.255 e. The molecular formula is C28H25ClFN5O4. The number of aromatic nitrogens is 3. The highest BCUT2D eigenvalue weighted by molar-refractivity contribution is 6.31. The van der Waals surface area contributed by atoms with Gasteiger partial charge in [0.25, 0.3) is 5.91 Å². The van der Waals surface area contributed by atoms with Gasteiger partial charge in [-0.1, -0.05) is 29.8 Å². The molecule has 1 aromatic heterocycles. The minimum absolute atomic E-state index is 0.0273. The number of ether oxygens (including phenoxy) is 3. The topological polar surface area (TPSA) is 99.5 Å². The van der Waals surface area contributed by atoms with Crippen LogP contribution in [0, 0.1) is 5.82 Å². The molecule has 9 nitrogen and oxygen atoms in total. The van der Waals surface area contributed by atoms with E-state index in [1.54, 1.807) is 61.2 Å². The summed E-state index contributed by atoms with van der Waals surface area (Å²) < 4.78 is 32.3. The van der Waals surface area contributed by atoms with E-state index in [-0.39, 0.29) is 18.1 Å². The number of anilines is 2. The monoisotopic (exact) mass is 549 g/mol. The molecule has 0 unspecified atom stereocenters. The molecule has 11 heteroatoms. The third-order valence-corrected chi connectivity index (χ3v) is 6.69. The lowest BCUT2D eigenvalue weighted by Crippen LogP contribution is -2.31. The van der Waals surface area contributed by atoms with Crippen molar-refractivity contribution in [2.45, 2.75) is 19.6 Å². The minimum atomic E-state index is -0.588. The molecule has 0 radical (unpaired) electrons. The molecule has 200 valence electrons. The van der Waals surface area contributed by atoms with Crippen molar-refractivity contribution < 1.29 is 23.4 Å². The predicted octanol–water partition coefficient (Wildman–Crippen LogP) is 5.59. The number of nitrogens with zero attached hydrogens (tertiary/aromatic N) is 3. The summed E-state index contributed by atoms with van der Waals surface area (Å²) in [6.07, 6.45) is 1.42. The summed E-state index contributed by atoms with van der Waals surface area (Å²) in [5.41, 5.74) is 2.56. The molecule has 1 amide bonds. The van der Waals surface area contributed by atoms with Crippen LogP contribution in [0.2, 0.25) is 5.02 Å². The van der Waals surface area contributed by atoms with Crippen molar-refractivity contribution in [1.82, 2.24) is 14.8 Å². The van der Waals surface area contributed by atoms with Crippen molar-refractivity contribution in [3.63, 3.8) is 0 Å². The zero-order valence-electron chi connectivity index (χ0n) is 21.4. The maximum atomic E-state index is 14.1. The minimum Gasteiger partial charge on any atom is -0.497 e. The summed E-state index contributed by atoms with van der Waals surface area (Å²) >= 11 is 6.11. The predicted molar refractivity (Wildman–Crippen MR) is 145 cm³/mol. The SMILES string of the molecule is COc1ccc(OC)c(NC(=O)C2=C(C)Nc3ncnn3[C@@H]2c2ccc(OCc3c(F)cccc3Cl)cc2)c1. The van der Waals surface area contributed by atoms with Crippen LogP contribution in [0.3, 0.4) is 0 Å². The molecule has 0 bridgehead atoms. The molecule has 0 saturated carbocycles. The fourth-order valence-corrected chi connectivity index (χ4v) is 4.58. The fourth-order valence-electron chi connectivity index (χ4n) is 4.37. The van der Waals surface area contributed by atoms with Gasteiger partial charge >= 0.3 is 0 Å². The second-order valence-corrected chi connectivity index (χ2v) is 9.08. The second kappa shape index (κ2) is 11.0. The number of fused-ring (bicyclic) bond motifs is 1. The molecule has 1 aliphatic rings. The van der Waals surface area contributed by atoms with Crippen molar-refractivity contribution in [3.05, 3.63) is 100 Å². The molecule has 4 aromatic rings. The van der Waals surface area contributed by atoms with E-state index < -0.39 is 11.9 Å². The lowest BCUT2D eigenvalue weighted by Gasteiger charge is -2.29. The van der Waals surface area contributed by atoms with E-state index >= 15 is 0 Å². The molecule has 0 spiro atoms. The number of halogens is 2. The summed E-state index contributed by atoms with van der Waals surface area (Å²) in [6, 6.07) is 16.2. The number of benzene rings is 3. The average Bonchev–Trinajstić information content (AvgIpc) is 3.40. The van der Waals surface area contributed by atoms with Crippen LogP contribution < -0.4 is 24.8 Å². The Morgan fingerprint density at radius 3 is 2.59 bits per heavy atom. The van der Waals surface area contributed by atoms with E-state index in [1.807, 2.05) is 12.1 Å². The van der Waals surface area contributed by atoms with Gasteiger partial charge in [-0.05, 0) is 48.9 Å². The zero-order valence-corrected chi connectivity index (χ0v) is 22.1. The first-order valence-corrected chi connectivity index (χ1v) is 12.3. The number of amides is 1. The Morgan fingerprint density at radius 2 is 1.87 bits per heavy atom. The third kappa shape index (κ3) is 5.23. The Morgan fingerprint density at radius 1 is 1.10 bits per heavy atom. The Kier molecular flexibility index (Phi) is 7.38. The second-order valence-electron chi connectivity index (χ2n) is 8.67. The zero-order chi connectivity index (χ0) is 27.5. The molecule has 2 heterocycles. The Bertz CT molecular complexity index is 1530. The van der Waals surface area contributed by atoms with Gasteiger partial charge in [-0.3, -0.25) is 4.79 Å². The normalized spacial score (nSPS) is 14.3. The standard InChI is InChI=1S/C28H25ClFN5O4/c1-16-25(27(36)34-23-13-19(37-2)11-12-24(23)38-3)26(35-28(33-16)31-15-32-35)17-7-9-18(10-8-17)39-14-20-21(29)5-4-6-22(20)30/h4-13,15,26H,14H2,1-3H3,(H,34,36)(H,31,32,33)/t26-/m1/s1. The molecule has 39 heavy (non-hydrogen) atoms. The van der Waals surface area contributed by atoms with Crippen LogP contribution in [-0.4, -0.2) is 34.9 Å². The van der Waals surface area contributed by atoms with Crippen molar-refractivity contribution >= 4 is 29.1 Å². The summed E-state index contributed by atoms with van der Waals surface area (Å²) in [6.45, 7) is 1.78. The summed E-state index contributed by atoms with van der Waals surface area (Å²) in [5.74, 6) is 1.28. The summed E-state index contributed by atoms with van der Waals surface area (Å²) in [5, 5.41) is 10.8. The largest absolute Gasteiger partial charge is 0.497 e. The van der Waals surface area contributed by atoms with Gasteiger partial charge < -0.3 is 24.8 Å². The number of hydrogen-bond acceptors (Lipinski definition) is 7. The van der Waals surface area contributed by atoms with E-state index in [9.17, 15) is 9.18 Å². The van der Waals surface area contributed by atoms with Gasteiger partial charge in [0.15, 0.2) is 0 Å². The number of carbonyl (C=O) groups excluding carboxylic acids is 1. The molecule has 5 rings (SSSR count). The van der Waals surface area contributed by atoms with E-state index in [1.165, 1.54) is 19.5 Å². The van der Waals surface area contributed by atoms with Gasteiger partial charge in [-0.25, -0.2) is 9.07 Å². The number of methoxy groups -OCH3 is 2. The quantitative estimate of drug-likeness (QED) is 0.295. The Balaban J connectivity index is 1.43. The van der Waals surface area contributed by atoms with Gasteiger partial charge in [0.1, 0.15) is 42.0 Å². The number of carbonyl (C=O) groups is 1. The summed E-state index contributed by atoms with van der Waals surface area (Å²) in [4.78, 5) is 18.0. The van der Waals surface area contributed by atoms with Crippen LogP contribution in [0.15, 0.2) is 78.3 Å². The molecule has 0 fully saturated rings. The fraction of sp³-hybridized carbons (Fsp3) is 0.179. The number of hydrogen-bond donors (Lipinski definition) is 2. The van der Waals surface area contributed by atoms with E-state index in [2.05, 4.69) is 20.7 Å². The van der Waals surface area contributed by atoms with Gasteiger partial charge in [0.05, 0.1) is 30.5 Å². The van der Waals surface area contributed by atoms with E-state index in [4.69, 9.17) is 25.8 Å². The van der Waals surface area contributed by atoms with Gasteiger partial charge in [0, 0.05) is 17.3 Å². The molecule has 0 aliphatic carbocycles. The summed E-state index contributed by atoms with van der Waals surface area (Å²) in [7, 11) is 3.07. The van der Waals surface area contributed by atoms with Crippen LogP contribution in [0.4, 0.5) is 16.0 Å². The highest BCUT2D eigenvalue weighted by atomic mass is 35.5. The van der Waals surface area contributed by atoms with E-state index in [0.717, 1.165) is 5.56 Å². The highest BCUT2D eigenvalue weighted by Crippen LogP contribution is 2.37. The molecule has 1 aliphatic heterocycles. The Labute approximate surface area is 229 Å². The lowest BCUT2D eigenvalue weighted by atomic mass is 9.95. The smallest absolute Gasteiger partial charge is 0.255 e. The highest BCUT2D eigenvalue weighted by Gasteiger charge is 2.33. The first-order valence-electron chi connectivity index (χ1n) is 12.0.